The summed E-state index contributed by atoms with van der Waals surface area (Å²) in [6.45, 7) is 0.168. The molecule has 0 spiro atoms. The van der Waals surface area contributed by atoms with Gasteiger partial charge >= 0.3 is 0 Å². The van der Waals surface area contributed by atoms with Gasteiger partial charge in [0.15, 0.2) is 0 Å². The molecule has 3 nitrogen and oxygen atoms in total. The van der Waals surface area contributed by atoms with Crippen LogP contribution in [0.15, 0.2) is 48.5 Å². The van der Waals surface area contributed by atoms with Gasteiger partial charge in [0.2, 0.25) is 5.91 Å². The highest BCUT2D eigenvalue weighted by atomic mass is 19.1. The van der Waals surface area contributed by atoms with Gasteiger partial charge < -0.3 is 10.5 Å². The van der Waals surface area contributed by atoms with Gasteiger partial charge in [0.05, 0.1) is 6.42 Å². The molecule has 0 atom stereocenters. The summed E-state index contributed by atoms with van der Waals surface area (Å²) in [5.41, 5.74) is 6.43. The molecule has 4 heteroatoms. The van der Waals surface area contributed by atoms with Crippen molar-refractivity contribution in [2.45, 2.75) is 13.0 Å². The number of ether oxygens (including phenoxy) is 1. The summed E-state index contributed by atoms with van der Waals surface area (Å²) in [4.78, 5) is 10.8. The predicted octanol–water partition coefficient (Wildman–Crippen LogP) is 2.43. The first-order chi connectivity index (χ1) is 9.15. The Morgan fingerprint density at radius 3 is 2.42 bits per heavy atom. The van der Waals surface area contributed by atoms with Crippen molar-refractivity contribution < 1.29 is 13.9 Å². The van der Waals surface area contributed by atoms with Crippen LogP contribution in [0.25, 0.3) is 0 Å². The van der Waals surface area contributed by atoms with Gasteiger partial charge in [0.1, 0.15) is 18.2 Å². The first-order valence-corrected chi connectivity index (χ1v) is 5.88. The lowest BCUT2D eigenvalue weighted by Crippen LogP contribution is -2.13. The lowest BCUT2D eigenvalue weighted by molar-refractivity contribution is -0.117. The third-order valence-corrected chi connectivity index (χ3v) is 2.65. The van der Waals surface area contributed by atoms with Gasteiger partial charge in [-0.2, -0.15) is 0 Å². The Labute approximate surface area is 110 Å². The molecule has 0 aromatic heterocycles. The summed E-state index contributed by atoms with van der Waals surface area (Å²) in [5.74, 6) is -0.0376. The third kappa shape index (κ3) is 3.81. The number of carbonyl (C=O) groups excluding carboxylic acids is 1. The van der Waals surface area contributed by atoms with Crippen LogP contribution in [0.1, 0.15) is 11.1 Å². The molecule has 0 aliphatic heterocycles. The van der Waals surface area contributed by atoms with E-state index in [2.05, 4.69) is 0 Å². The fraction of sp³-hybridized carbons (Fsp3) is 0.133. The SMILES string of the molecule is NC(=O)Cc1ccc(OCc2ccccc2F)cc1. The number of primary amides is 1. The van der Waals surface area contributed by atoms with Gasteiger partial charge in [0.25, 0.3) is 0 Å². The van der Waals surface area contributed by atoms with Crippen LogP contribution in [0.5, 0.6) is 5.75 Å². The Morgan fingerprint density at radius 2 is 1.79 bits per heavy atom. The third-order valence-electron chi connectivity index (χ3n) is 2.65. The average Bonchev–Trinajstić information content (AvgIpc) is 2.39. The van der Waals surface area contributed by atoms with E-state index in [1.807, 2.05) is 0 Å². The Bertz CT molecular complexity index is 567. The smallest absolute Gasteiger partial charge is 0.221 e. The number of hydrogen-bond donors (Lipinski definition) is 1. The lowest BCUT2D eigenvalue weighted by atomic mass is 10.1. The van der Waals surface area contributed by atoms with Crippen molar-refractivity contribution in [2.75, 3.05) is 0 Å². The van der Waals surface area contributed by atoms with E-state index in [0.29, 0.717) is 11.3 Å². The number of nitrogens with two attached hydrogens (primary N) is 1. The van der Waals surface area contributed by atoms with E-state index in [-0.39, 0.29) is 24.8 Å². The van der Waals surface area contributed by atoms with E-state index in [0.717, 1.165) is 5.56 Å². The highest BCUT2D eigenvalue weighted by molar-refractivity contribution is 5.76. The van der Waals surface area contributed by atoms with Crippen LogP contribution in [-0.2, 0) is 17.8 Å². The molecule has 0 aliphatic carbocycles. The highest BCUT2D eigenvalue weighted by Crippen LogP contribution is 2.15. The van der Waals surface area contributed by atoms with Gasteiger partial charge in [-0.1, -0.05) is 30.3 Å². The zero-order valence-electron chi connectivity index (χ0n) is 10.3. The van der Waals surface area contributed by atoms with Crippen molar-refractivity contribution in [1.29, 1.82) is 0 Å². The monoisotopic (exact) mass is 259 g/mol. The van der Waals surface area contributed by atoms with Crippen LogP contribution < -0.4 is 10.5 Å². The Morgan fingerprint density at radius 1 is 1.11 bits per heavy atom. The molecule has 0 saturated carbocycles. The quantitative estimate of drug-likeness (QED) is 0.896. The molecule has 19 heavy (non-hydrogen) atoms. The zero-order chi connectivity index (χ0) is 13.7. The van der Waals surface area contributed by atoms with Crippen LogP contribution in [0.2, 0.25) is 0 Å². The molecule has 2 rings (SSSR count). The topological polar surface area (TPSA) is 52.3 Å². The van der Waals surface area contributed by atoms with Crippen LogP contribution >= 0.6 is 0 Å². The molecule has 1 amide bonds. The maximum Gasteiger partial charge on any atom is 0.221 e. The maximum absolute atomic E-state index is 13.4. The molecule has 98 valence electrons. The fourth-order valence-electron chi connectivity index (χ4n) is 1.68. The largest absolute Gasteiger partial charge is 0.489 e. The van der Waals surface area contributed by atoms with E-state index in [1.165, 1.54) is 6.07 Å². The molecule has 0 heterocycles. The summed E-state index contributed by atoms with van der Waals surface area (Å²) in [7, 11) is 0. The second-order valence-corrected chi connectivity index (χ2v) is 4.17. The number of amides is 1. The van der Waals surface area contributed by atoms with Crippen molar-refractivity contribution in [2.24, 2.45) is 5.73 Å². The molecule has 2 aromatic rings. The molecule has 0 unspecified atom stereocenters. The molecule has 0 aliphatic rings. The van der Waals surface area contributed by atoms with Gasteiger partial charge in [-0.25, -0.2) is 4.39 Å². The Kier molecular flexibility index (Phi) is 4.13. The van der Waals surface area contributed by atoms with Crippen LogP contribution in [-0.4, -0.2) is 5.91 Å². The van der Waals surface area contributed by atoms with Gasteiger partial charge in [-0.3, -0.25) is 4.79 Å². The van der Waals surface area contributed by atoms with Crippen LogP contribution in [0.4, 0.5) is 4.39 Å². The molecule has 0 fully saturated rings. The minimum atomic E-state index is -0.375. The van der Waals surface area contributed by atoms with E-state index < -0.39 is 0 Å². The first-order valence-electron chi connectivity index (χ1n) is 5.88. The number of halogens is 1. The Balaban J connectivity index is 1.97. The van der Waals surface area contributed by atoms with Crippen molar-refractivity contribution in [1.82, 2.24) is 0 Å². The number of rotatable bonds is 5. The number of hydrogen-bond acceptors (Lipinski definition) is 2. The highest BCUT2D eigenvalue weighted by Gasteiger charge is 2.02. The van der Waals surface area contributed by atoms with E-state index in [1.54, 1.807) is 42.5 Å². The summed E-state index contributed by atoms with van der Waals surface area (Å²) in [6.07, 6.45) is 0.202. The normalized spacial score (nSPS) is 10.2. The van der Waals surface area contributed by atoms with Crippen molar-refractivity contribution >= 4 is 5.91 Å². The van der Waals surface area contributed by atoms with Crippen LogP contribution in [0.3, 0.4) is 0 Å². The standard InChI is InChI=1S/C15H14FNO2/c16-14-4-2-1-3-12(14)10-19-13-7-5-11(6-8-13)9-15(17)18/h1-8H,9-10H2,(H2,17,18). The first kappa shape index (κ1) is 13.1. The molecule has 2 N–H and O–H groups in total. The summed E-state index contributed by atoms with van der Waals surface area (Å²) < 4.78 is 18.8. The molecular weight excluding hydrogens is 245 g/mol. The summed E-state index contributed by atoms with van der Waals surface area (Å²) >= 11 is 0. The van der Waals surface area contributed by atoms with Gasteiger partial charge in [-0.05, 0) is 23.8 Å². The zero-order valence-corrected chi connectivity index (χ0v) is 10.3. The maximum atomic E-state index is 13.4. The minimum Gasteiger partial charge on any atom is -0.489 e. The van der Waals surface area contributed by atoms with Crippen molar-refractivity contribution in [3.63, 3.8) is 0 Å². The number of carbonyl (C=O) groups is 1. The van der Waals surface area contributed by atoms with Crippen molar-refractivity contribution in [3.8, 4) is 5.75 Å². The molecule has 2 aromatic carbocycles. The lowest BCUT2D eigenvalue weighted by Gasteiger charge is -2.07. The second kappa shape index (κ2) is 6.00. The fourth-order valence-corrected chi connectivity index (χ4v) is 1.68. The van der Waals surface area contributed by atoms with Crippen molar-refractivity contribution in [3.05, 3.63) is 65.5 Å². The van der Waals surface area contributed by atoms with Gasteiger partial charge in [-0.15, -0.1) is 0 Å². The molecule has 0 bridgehead atoms. The summed E-state index contributed by atoms with van der Waals surface area (Å²) in [6, 6.07) is 13.5. The number of benzene rings is 2. The van der Waals surface area contributed by atoms with E-state index in [9.17, 15) is 9.18 Å². The molecule has 0 saturated heterocycles. The average molecular weight is 259 g/mol. The summed E-state index contributed by atoms with van der Waals surface area (Å²) in [5, 5.41) is 0. The van der Waals surface area contributed by atoms with Gasteiger partial charge in [0, 0.05) is 5.56 Å². The van der Waals surface area contributed by atoms with Crippen LogP contribution in [0, 0.1) is 5.82 Å². The molecule has 0 radical (unpaired) electrons. The van der Waals surface area contributed by atoms with E-state index >= 15 is 0 Å². The van der Waals surface area contributed by atoms with E-state index in [4.69, 9.17) is 10.5 Å². The molecular formula is C15H14FNO2. The minimum absolute atomic E-state index is 0.168. The second-order valence-electron chi connectivity index (χ2n) is 4.17. The Hall–Kier alpha value is -2.36. The predicted molar refractivity (Wildman–Crippen MR) is 70.1 cm³/mol.